The molecule has 2 N–H and O–H groups in total. The average Bonchev–Trinajstić information content (AvgIpc) is 2.94. The number of anilines is 1. The second kappa shape index (κ2) is 7.32. The summed E-state index contributed by atoms with van der Waals surface area (Å²) < 4.78 is 0. The Morgan fingerprint density at radius 2 is 2.17 bits per heavy atom. The van der Waals surface area contributed by atoms with Crippen molar-refractivity contribution in [3.05, 3.63) is 28.8 Å². The Hall–Kier alpha value is -2.28. The molecule has 2 rings (SSSR count). The van der Waals surface area contributed by atoms with Crippen LogP contribution in [0.1, 0.15) is 23.7 Å². The van der Waals surface area contributed by atoms with Crippen molar-refractivity contribution < 1.29 is 19.5 Å². The summed E-state index contributed by atoms with van der Waals surface area (Å²) in [4.78, 5) is 37.9. The van der Waals surface area contributed by atoms with Crippen LogP contribution in [0.25, 0.3) is 0 Å². The predicted molar refractivity (Wildman–Crippen MR) is 86.0 cm³/mol. The minimum atomic E-state index is -0.957. The Morgan fingerprint density at radius 3 is 2.74 bits per heavy atom. The van der Waals surface area contributed by atoms with E-state index in [0.717, 1.165) is 0 Å². The molecule has 1 aromatic rings. The molecule has 0 radical (unpaired) electrons. The van der Waals surface area contributed by atoms with Gasteiger partial charge in [0.15, 0.2) is 0 Å². The van der Waals surface area contributed by atoms with E-state index in [1.54, 1.807) is 25.1 Å². The number of rotatable bonds is 6. The Labute approximate surface area is 138 Å². The van der Waals surface area contributed by atoms with Crippen molar-refractivity contribution in [1.82, 2.24) is 10.2 Å². The highest BCUT2D eigenvalue weighted by atomic mass is 35.5. The summed E-state index contributed by atoms with van der Waals surface area (Å²) in [6, 6.07) is 4.46. The highest BCUT2D eigenvalue weighted by molar-refractivity contribution is 6.34. The molecule has 3 amide bonds. The minimum Gasteiger partial charge on any atom is -0.481 e. The van der Waals surface area contributed by atoms with Crippen LogP contribution in [0.2, 0.25) is 5.02 Å². The Kier molecular flexibility index (Phi) is 5.44. The van der Waals surface area contributed by atoms with Crippen molar-refractivity contribution in [2.24, 2.45) is 0 Å². The van der Waals surface area contributed by atoms with Crippen molar-refractivity contribution in [3.63, 3.8) is 0 Å². The zero-order valence-corrected chi connectivity index (χ0v) is 13.5. The van der Waals surface area contributed by atoms with Crippen LogP contribution in [-0.2, 0) is 4.79 Å². The average molecular weight is 340 g/mol. The molecule has 7 nitrogen and oxygen atoms in total. The lowest BCUT2D eigenvalue weighted by molar-refractivity contribution is -0.137. The fourth-order valence-corrected chi connectivity index (χ4v) is 2.59. The van der Waals surface area contributed by atoms with Gasteiger partial charge in [0.25, 0.3) is 5.91 Å². The fraction of sp³-hybridized carbons (Fsp3) is 0.400. The van der Waals surface area contributed by atoms with Crippen LogP contribution in [-0.4, -0.2) is 54.1 Å². The molecule has 1 aliphatic heterocycles. The number of amides is 3. The number of nitrogens with zero attached hydrogens (tertiary/aromatic N) is 2. The van der Waals surface area contributed by atoms with Crippen molar-refractivity contribution in [1.29, 1.82) is 0 Å². The summed E-state index contributed by atoms with van der Waals surface area (Å²) in [7, 11) is 0. The highest BCUT2D eigenvalue weighted by Crippen LogP contribution is 2.28. The maximum absolute atomic E-state index is 12.5. The van der Waals surface area contributed by atoms with Crippen LogP contribution >= 0.6 is 11.6 Å². The third-order valence-corrected chi connectivity index (χ3v) is 3.92. The summed E-state index contributed by atoms with van der Waals surface area (Å²) >= 11 is 6.14. The lowest BCUT2D eigenvalue weighted by atomic mass is 10.1. The molecule has 1 saturated heterocycles. The number of halogens is 1. The summed E-state index contributed by atoms with van der Waals surface area (Å²) in [5, 5.41) is 11.8. The molecule has 23 heavy (non-hydrogen) atoms. The van der Waals surface area contributed by atoms with Crippen LogP contribution in [0.3, 0.4) is 0 Å². The van der Waals surface area contributed by atoms with Gasteiger partial charge in [0.1, 0.15) is 0 Å². The monoisotopic (exact) mass is 339 g/mol. The summed E-state index contributed by atoms with van der Waals surface area (Å²) in [5.41, 5.74) is 0.846. The molecule has 1 aliphatic rings. The van der Waals surface area contributed by atoms with E-state index < -0.39 is 5.97 Å². The molecule has 1 fully saturated rings. The van der Waals surface area contributed by atoms with Gasteiger partial charge in [0, 0.05) is 31.7 Å². The third kappa shape index (κ3) is 3.92. The van der Waals surface area contributed by atoms with E-state index in [9.17, 15) is 14.4 Å². The lowest BCUT2D eigenvalue weighted by Crippen LogP contribution is -2.33. The molecule has 1 aromatic carbocycles. The lowest BCUT2D eigenvalue weighted by Gasteiger charge is -2.22. The molecular formula is C15H18ClN3O4. The number of carbonyl (C=O) groups excluding carboxylic acids is 2. The number of carboxylic acid groups (broad SMARTS) is 1. The van der Waals surface area contributed by atoms with Gasteiger partial charge in [0.05, 0.1) is 17.1 Å². The molecule has 0 unspecified atom stereocenters. The highest BCUT2D eigenvalue weighted by Gasteiger charge is 2.25. The molecule has 8 heteroatoms. The second-order valence-corrected chi connectivity index (χ2v) is 5.49. The number of nitrogens with one attached hydrogen (secondary N) is 1. The second-order valence-electron chi connectivity index (χ2n) is 5.08. The molecule has 0 spiro atoms. The quantitative estimate of drug-likeness (QED) is 0.827. The topological polar surface area (TPSA) is 90.0 Å². The van der Waals surface area contributed by atoms with Crippen LogP contribution in [0, 0.1) is 0 Å². The molecule has 0 atom stereocenters. The maximum atomic E-state index is 12.5. The molecule has 0 aliphatic carbocycles. The maximum Gasteiger partial charge on any atom is 0.322 e. The molecule has 0 bridgehead atoms. The Bertz CT molecular complexity index is 635. The van der Waals surface area contributed by atoms with Gasteiger partial charge in [-0.1, -0.05) is 11.6 Å². The number of carbonyl (C=O) groups is 3. The first-order valence-electron chi connectivity index (χ1n) is 7.30. The van der Waals surface area contributed by atoms with Crippen LogP contribution < -0.4 is 10.2 Å². The largest absolute Gasteiger partial charge is 0.481 e. The van der Waals surface area contributed by atoms with Crippen molar-refractivity contribution in [3.8, 4) is 0 Å². The molecule has 0 aromatic heterocycles. The fourth-order valence-electron chi connectivity index (χ4n) is 2.37. The Morgan fingerprint density at radius 1 is 1.43 bits per heavy atom. The first-order chi connectivity index (χ1) is 10.9. The van der Waals surface area contributed by atoms with E-state index in [1.807, 2.05) is 0 Å². The van der Waals surface area contributed by atoms with Crippen LogP contribution in [0.15, 0.2) is 18.2 Å². The standard InChI is InChI=1S/C15H18ClN3O4/c1-2-18(7-5-13(20)21)14(22)10-3-4-11(16)12(9-10)19-8-6-17-15(19)23/h3-4,9H,2,5-8H2,1H3,(H,17,23)(H,20,21). The van der Waals surface area contributed by atoms with Gasteiger partial charge in [-0.15, -0.1) is 0 Å². The van der Waals surface area contributed by atoms with Gasteiger partial charge in [-0.05, 0) is 25.1 Å². The SMILES string of the molecule is CCN(CCC(=O)O)C(=O)c1ccc(Cl)c(N2CCNC2=O)c1. The van der Waals surface area contributed by atoms with E-state index in [1.165, 1.54) is 9.80 Å². The number of aliphatic carboxylic acids is 1. The number of carboxylic acids is 1. The smallest absolute Gasteiger partial charge is 0.322 e. The van der Waals surface area contributed by atoms with E-state index in [-0.39, 0.29) is 24.9 Å². The van der Waals surface area contributed by atoms with Crippen molar-refractivity contribution in [2.45, 2.75) is 13.3 Å². The number of hydrogen-bond acceptors (Lipinski definition) is 3. The number of benzene rings is 1. The van der Waals surface area contributed by atoms with Crippen LogP contribution in [0.5, 0.6) is 0 Å². The number of urea groups is 1. The van der Waals surface area contributed by atoms with Crippen molar-refractivity contribution >= 4 is 35.2 Å². The first-order valence-corrected chi connectivity index (χ1v) is 7.67. The van der Waals surface area contributed by atoms with Gasteiger partial charge in [-0.25, -0.2) is 4.79 Å². The van der Waals surface area contributed by atoms with Gasteiger partial charge in [-0.2, -0.15) is 0 Å². The first kappa shape index (κ1) is 17.1. The van der Waals surface area contributed by atoms with Crippen molar-refractivity contribution in [2.75, 3.05) is 31.1 Å². The van der Waals surface area contributed by atoms with Gasteiger partial charge in [-0.3, -0.25) is 14.5 Å². The summed E-state index contributed by atoms with van der Waals surface area (Å²) in [5.74, 6) is -1.24. The summed E-state index contributed by atoms with van der Waals surface area (Å²) in [6.07, 6.45) is -0.117. The van der Waals surface area contributed by atoms with E-state index >= 15 is 0 Å². The predicted octanol–water partition coefficient (Wildman–Crippen LogP) is 1.81. The van der Waals surface area contributed by atoms with Gasteiger partial charge in [0.2, 0.25) is 0 Å². The van der Waals surface area contributed by atoms with Crippen LogP contribution in [0.4, 0.5) is 10.5 Å². The third-order valence-electron chi connectivity index (χ3n) is 3.61. The zero-order chi connectivity index (χ0) is 17.0. The minimum absolute atomic E-state index is 0.117. The normalized spacial score (nSPS) is 13.8. The summed E-state index contributed by atoms with van der Waals surface area (Å²) in [6.45, 7) is 3.31. The van der Waals surface area contributed by atoms with Gasteiger partial charge >= 0.3 is 12.0 Å². The molecule has 1 heterocycles. The van der Waals surface area contributed by atoms with E-state index in [2.05, 4.69) is 5.32 Å². The van der Waals surface area contributed by atoms with Gasteiger partial charge < -0.3 is 15.3 Å². The van der Waals surface area contributed by atoms with E-state index in [4.69, 9.17) is 16.7 Å². The molecule has 124 valence electrons. The zero-order valence-electron chi connectivity index (χ0n) is 12.7. The molecular weight excluding hydrogens is 322 g/mol. The number of hydrogen-bond donors (Lipinski definition) is 2. The molecule has 0 saturated carbocycles. The Balaban J connectivity index is 2.23. The van der Waals surface area contributed by atoms with E-state index in [0.29, 0.717) is 35.9 Å².